The zero-order valence-electron chi connectivity index (χ0n) is 17.6. The second-order valence-corrected chi connectivity index (χ2v) is 8.61. The van der Waals surface area contributed by atoms with Gasteiger partial charge in [-0.05, 0) is 69.7 Å². The molecule has 1 aliphatic heterocycles. The zero-order chi connectivity index (χ0) is 20.8. The van der Waals surface area contributed by atoms with Crippen molar-refractivity contribution in [3.05, 3.63) is 59.7 Å². The largest absolute Gasteiger partial charge is 0.489 e. The van der Waals surface area contributed by atoms with E-state index in [0.717, 1.165) is 16.8 Å². The average molecular weight is 427 g/mol. The lowest BCUT2D eigenvalue weighted by Gasteiger charge is -2.28. The van der Waals surface area contributed by atoms with Gasteiger partial charge in [0.15, 0.2) is 0 Å². The molecule has 158 valence electrons. The van der Waals surface area contributed by atoms with Crippen LogP contribution in [0.3, 0.4) is 0 Å². The Morgan fingerprint density at radius 2 is 1.80 bits per heavy atom. The Labute approximate surface area is 182 Å². The third-order valence-electron chi connectivity index (χ3n) is 5.27. The van der Waals surface area contributed by atoms with E-state index >= 15 is 0 Å². The molecule has 0 saturated carbocycles. The highest BCUT2D eigenvalue weighted by Crippen LogP contribution is 2.30. The Morgan fingerprint density at radius 3 is 2.40 bits per heavy atom. The maximum Gasteiger partial charge on any atom is 0.250 e. The van der Waals surface area contributed by atoms with E-state index in [2.05, 4.69) is 49.1 Å². The first-order valence-electron chi connectivity index (χ1n) is 9.68. The standard InChI is InChI=1S/C23H26N4O2.ClH/c1-22(2)12-15(23(3,4)27-22)13-29-16-10-8-14(9-11-16)21-25-18-7-5-6-17(20(24)28)19(18)26-21;/h5-12,27H,13H2,1-4H3,(H2,24,28)(H,25,26);1H. The molecule has 0 radical (unpaired) electrons. The number of hydrogen-bond acceptors (Lipinski definition) is 4. The average Bonchev–Trinajstić information content (AvgIpc) is 3.17. The molecule has 1 aromatic heterocycles. The number of nitrogens with one attached hydrogen (secondary N) is 2. The quantitative estimate of drug-likeness (QED) is 0.532. The lowest BCUT2D eigenvalue weighted by atomic mass is 9.98. The number of aromatic nitrogens is 2. The number of benzene rings is 2. The zero-order valence-corrected chi connectivity index (χ0v) is 18.4. The van der Waals surface area contributed by atoms with Gasteiger partial charge in [0.25, 0.3) is 5.91 Å². The minimum absolute atomic E-state index is 0. The highest BCUT2D eigenvalue weighted by Gasteiger charge is 2.36. The van der Waals surface area contributed by atoms with Crippen molar-refractivity contribution in [2.45, 2.75) is 38.8 Å². The molecule has 0 fully saturated rings. The molecule has 1 amide bonds. The highest BCUT2D eigenvalue weighted by molar-refractivity contribution is 6.04. The summed E-state index contributed by atoms with van der Waals surface area (Å²) in [6.45, 7) is 9.19. The molecule has 0 bridgehead atoms. The Kier molecular flexibility index (Phi) is 5.67. The van der Waals surface area contributed by atoms with Crippen LogP contribution in [-0.2, 0) is 0 Å². The number of rotatable bonds is 5. The molecule has 0 spiro atoms. The first-order valence-corrected chi connectivity index (χ1v) is 9.68. The monoisotopic (exact) mass is 426 g/mol. The van der Waals surface area contributed by atoms with Gasteiger partial charge < -0.3 is 15.5 Å². The first-order chi connectivity index (χ1) is 13.6. The van der Waals surface area contributed by atoms with Crippen LogP contribution in [0.2, 0.25) is 0 Å². The molecule has 2 heterocycles. The van der Waals surface area contributed by atoms with Crippen LogP contribution in [0.5, 0.6) is 5.75 Å². The third kappa shape index (κ3) is 4.20. The number of carbonyl (C=O) groups is 1. The van der Waals surface area contributed by atoms with Crippen LogP contribution >= 0.6 is 12.4 Å². The molecule has 0 unspecified atom stereocenters. The van der Waals surface area contributed by atoms with Gasteiger partial charge in [-0.2, -0.15) is 0 Å². The Bertz CT molecular complexity index is 1110. The number of fused-ring (bicyclic) bond motifs is 1. The summed E-state index contributed by atoms with van der Waals surface area (Å²) in [7, 11) is 0. The third-order valence-corrected chi connectivity index (χ3v) is 5.27. The van der Waals surface area contributed by atoms with Gasteiger partial charge >= 0.3 is 0 Å². The summed E-state index contributed by atoms with van der Waals surface area (Å²) in [5.74, 6) is 0.995. The summed E-state index contributed by atoms with van der Waals surface area (Å²) >= 11 is 0. The number of para-hydroxylation sites is 1. The van der Waals surface area contributed by atoms with Crippen LogP contribution in [0, 0.1) is 0 Å². The van der Waals surface area contributed by atoms with Crippen molar-refractivity contribution >= 4 is 29.3 Å². The normalized spacial score (nSPS) is 16.7. The van der Waals surface area contributed by atoms with E-state index in [1.165, 1.54) is 5.57 Å². The fraction of sp³-hybridized carbons (Fsp3) is 0.304. The van der Waals surface area contributed by atoms with Gasteiger partial charge in [-0.25, -0.2) is 4.98 Å². The van der Waals surface area contributed by atoms with Gasteiger partial charge in [0.05, 0.1) is 11.1 Å². The molecule has 3 aromatic rings. The van der Waals surface area contributed by atoms with E-state index in [4.69, 9.17) is 10.5 Å². The highest BCUT2D eigenvalue weighted by atomic mass is 35.5. The maximum atomic E-state index is 11.6. The Hall–Kier alpha value is -2.83. The smallest absolute Gasteiger partial charge is 0.250 e. The lowest BCUT2D eigenvalue weighted by molar-refractivity contribution is 0.100. The Morgan fingerprint density at radius 1 is 1.10 bits per heavy atom. The second kappa shape index (κ2) is 7.78. The number of aromatic amines is 1. The number of nitrogens with zero attached hydrogens (tertiary/aromatic N) is 1. The summed E-state index contributed by atoms with van der Waals surface area (Å²) in [6.07, 6.45) is 2.24. The van der Waals surface area contributed by atoms with Crippen molar-refractivity contribution in [2.75, 3.05) is 6.61 Å². The van der Waals surface area contributed by atoms with E-state index < -0.39 is 5.91 Å². The summed E-state index contributed by atoms with van der Waals surface area (Å²) < 4.78 is 6.02. The van der Waals surface area contributed by atoms with Crippen molar-refractivity contribution in [2.24, 2.45) is 5.73 Å². The van der Waals surface area contributed by atoms with Crippen LogP contribution in [0.25, 0.3) is 22.4 Å². The fourth-order valence-corrected chi connectivity index (χ4v) is 4.00. The fourth-order valence-electron chi connectivity index (χ4n) is 4.00. The second-order valence-electron chi connectivity index (χ2n) is 8.61. The minimum Gasteiger partial charge on any atom is -0.489 e. The number of imidazole rings is 1. The molecule has 1 aliphatic rings. The molecular formula is C23H27ClN4O2. The summed E-state index contributed by atoms with van der Waals surface area (Å²) in [6, 6.07) is 13.1. The number of H-pyrrole nitrogens is 1. The molecule has 30 heavy (non-hydrogen) atoms. The SMILES string of the molecule is CC1(C)C=C(COc2ccc(-c3nc4c(C(N)=O)cccc4[nH]3)cc2)C(C)(C)N1.Cl. The Balaban J connectivity index is 0.00000256. The topological polar surface area (TPSA) is 93.0 Å². The minimum atomic E-state index is -0.487. The predicted molar refractivity (Wildman–Crippen MR) is 122 cm³/mol. The van der Waals surface area contributed by atoms with Crippen LogP contribution < -0.4 is 15.8 Å². The molecule has 2 aromatic carbocycles. The van der Waals surface area contributed by atoms with Gasteiger partial charge in [0.2, 0.25) is 0 Å². The van der Waals surface area contributed by atoms with E-state index in [-0.39, 0.29) is 23.5 Å². The van der Waals surface area contributed by atoms with Gasteiger partial charge in [-0.3, -0.25) is 10.1 Å². The number of nitrogens with two attached hydrogens (primary N) is 1. The van der Waals surface area contributed by atoms with E-state index in [1.54, 1.807) is 12.1 Å². The number of primary amides is 1. The van der Waals surface area contributed by atoms with Gasteiger partial charge in [0, 0.05) is 16.6 Å². The summed E-state index contributed by atoms with van der Waals surface area (Å²) in [4.78, 5) is 19.4. The molecule has 0 saturated heterocycles. The number of hydrogen-bond donors (Lipinski definition) is 3. The molecule has 4 N–H and O–H groups in total. The number of halogens is 1. The van der Waals surface area contributed by atoms with Crippen molar-refractivity contribution in [1.82, 2.24) is 15.3 Å². The summed E-state index contributed by atoms with van der Waals surface area (Å²) in [5, 5.41) is 3.59. The van der Waals surface area contributed by atoms with E-state index in [0.29, 0.717) is 23.5 Å². The van der Waals surface area contributed by atoms with Gasteiger partial charge in [0.1, 0.15) is 23.7 Å². The number of amides is 1. The number of ether oxygens (including phenoxy) is 1. The summed E-state index contributed by atoms with van der Waals surface area (Å²) in [5.41, 5.74) is 9.26. The van der Waals surface area contributed by atoms with Crippen LogP contribution in [0.4, 0.5) is 0 Å². The van der Waals surface area contributed by atoms with Gasteiger partial charge in [-0.1, -0.05) is 12.1 Å². The number of carbonyl (C=O) groups excluding carboxylic acids is 1. The van der Waals surface area contributed by atoms with Gasteiger partial charge in [-0.15, -0.1) is 12.4 Å². The van der Waals surface area contributed by atoms with Crippen LogP contribution in [0.1, 0.15) is 38.1 Å². The van der Waals surface area contributed by atoms with E-state index in [1.807, 2.05) is 30.3 Å². The van der Waals surface area contributed by atoms with Crippen molar-refractivity contribution in [3.8, 4) is 17.1 Å². The molecular weight excluding hydrogens is 400 g/mol. The van der Waals surface area contributed by atoms with Crippen molar-refractivity contribution in [1.29, 1.82) is 0 Å². The molecule has 6 nitrogen and oxygen atoms in total. The van der Waals surface area contributed by atoms with Crippen molar-refractivity contribution < 1.29 is 9.53 Å². The molecule has 4 rings (SSSR count). The lowest BCUT2D eigenvalue weighted by Crippen LogP contribution is -2.46. The maximum absolute atomic E-state index is 11.6. The van der Waals surface area contributed by atoms with Crippen LogP contribution in [0.15, 0.2) is 54.1 Å². The molecule has 7 heteroatoms. The van der Waals surface area contributed by atoms with Crippen molar-refractivity contribution in [3.63, 3.8) is 0 Å². The van der Waals surface area contributed by atoms with E-state index in [9.17, 15) is 4.79 Å². The molecule has 0 aliphatic carbocycles. The predicted octanol–water partition coefficient (Wildman–Crippen LogP) is 4.22. The first kappa shape index (κ1) is 21.9. The molecule has 0 atom stereocenters. The van der Waals surface area contributed by atoms with Crippen LogP contribution in [-0.4, -0.2) is 33.6 Å².